The largest absolute Gasteiger partial charge is 0.487 e. The van der Waals surface area contributed by atoms with Crippen molar-refractivity contribution in [2.75, 3.05) is 0 Å². The number of hydrogen-bond acceptors (Lipinski definition) is 3. The molecule has 0 spiro atoms. The second kappa shape index (κ2) is 3.73. The van der Waals surface area contributed by atoms with E-state index < -0.39 is 14.6 Å². The highest BCUT2D eigenvalue weighted by Crippen LogP contribution is 2.42. The monoisotopic (exact) mass is 254 g/mol. The molecule has 0 saturated carbocycles. The van der Waals surface area contributed by atoms with E-state index in [1.165, 1.54) is 0 Å². The van der Waals surface area contributed by atoms with Gasteiger partial charge in [-0.1, -0.05) is 26.0 Å². The van der Waals surface area contributed by atoms with Crippen molar-refractivity contribution < 1.29 is 13.2 Å². The van der Waals surface area contributed by atoms with Crippen LogP contribution in [0, 0.1) is 5.92 Å². The van der Waals surface area contributed by atoms with Gasteiger partial charge in [0.25, 0.3) is 0 Å². The number of ether oxygens (including phenoxy) is 1. The molecule has 1 heterocycles. The number of hydrogen-bond donors (Lipinski definition) is 0. The van der Waals surface area contributed by atoms with Crippen LogP contribution in [0.2, 0.25) is 0 Å². The van der Waals surface area contributed by atoms with E-state index in [1.54, 1.807) is 38.1 Å². The molecule has 0 aromatic heterocycles. The summed E-state index contributed by atoms with van der Waals surface area (Å²) < 4.78 is 30.1. The van der Waals surface area contributed by atoms with E-state index in [4.69, 9.17) is 4.74 Å². The molecule has 3 nitrogen and oxygen atoms in total. The second-order valence-electron chi connectivity index (χ2n) is 5.34. The molecule has 1 aromatic rings. The lowest BCUT2D eigenvalue weighted by Gasteiger charge is -2.41. The van der Waals surface area contributed by atoms with Gasteiger partial charge in [-0.25, -0.2) is 8.42 Å². The van der Waals surface area contributed by atoms with Gasteiger partial charge >= 0.3 is 0 Å². The Labute approximate surface area is 103 Å². The van der Waals surface area contributed by atoms with Crippen LogP contribution in [0.4, 0.5) is 0 Å². The van der Waals surface area contributed by atoms with Crippen LogP contribution in [-0.4, -0.2) is 19.3 Å². The fourth-order valence-electron chi connectivity index (χ4n) is 2.42. The maximum absolute atomic E-state index is 12.6. The lowest BCUT2D eigenvalue weighted by Crippen LogP contribution is -2.52. The maximum atomic E-state index is 12.6. The molecule has 94 valence electrons. The Balaban J connectivity index is 2.67. The summed E-state index contributed by atoms with van der Waals surface area (Å²) in [7, 11) is -3.34. The first-order valence-corrected chi connectivity index (χ1v) is 7.27. The van der Waals surface area contributed by atoms with Crippen LogP contribution in [-0.2, 0) is 9.84 Å². The standard InChI is InChI=1S/C13H18O3S/c1-9(2)12-13(3,4)17(14,15)11-8-6-5-7-10(11)16-12/h5-9,12H,1-4H3. The Morgan fingerprint density at radius 1 is 1.24 bits per heavy atom. The van der Waals surface area contributed by atoms with E-state index in [1.807, 2.05) is 13.8 Å². The highest BCUT2D eigenvalue weighted by Gasteiger charge is 2.50. The maximum Gasteiger partial charge on any atom is 0.190 e. The van der Waals surface area contributed by atoms with E-state index in [9.17, 15) is 8.42 Å². The van der Waals surface area contributed by atoms with Gasteiger partial charge < -0.3 is 4.74 Å². The molecule has 0 fully saturated rings. The highest BCUT2D eigenvalue weighted by atomic mass is 32.2. The number of sulfone groups is 1. The van der Waals surface area contributed by atoms with E-state index in [-0.39, 0.29) is 12.0 Å². The van der Waals surface area contributed by atoms with Crippen molar-refractivity contribution in [1.29, 1.82) is 0 Å². The van der Waals surface area contributed by atoms with Gasteiger partial charge in [0.05, 0.1) is 0 Å². The first kappa shape index (κ1) is 12.4. The fraction of sp³-hybridized carbons (Fsp3) is 0.538. The lowest BCUT2D eigenvalue weighted by molar-refractivity contribution is 0.105. The minimum atomic E-state index is -3.34. The Morgan fingerprint density at radius 3 is 2.41 bits per heavy atom. The van der Waals surface area contributed by atoms with E-state index in [2.05, 4.69) is 0 Å². The van der Waals surface area contributed by atoms with Crippen LogP contribution in [0.3, 0.4) is 0 Å². The first-order chi connectivity index (χ1) is 7.78. The Morgan fingerprint density at radius 2 is 1.82 bits per heavy atom. The predicted molar refractivity (Wildman–Crippen MR) is 67.0 cm³/mol. The summed E-state index contributed by atoms with van der Waals surface area (Å²) in [6.07, 6.45) is -0.317. The quantitative estimate of drug-likeness (QED) is 0.774. The molecule has 1 atom stereocenters. The van der Waals surface area contributed by atoms with Crippen molar-refractivity contribution in [3.8, 4) is 5.75 Å². The molecule has 1 aliphatic rings. The molecule has 1 aliphatic heterocycles. The van der Waals surface area contributed by atoms with Crippen LogP contribution in [0.5, 0.6) is 5.75 Å². The number of benzene rings is 1. The van der Waals surface area contributed by atoms with Crippen molar-refractivity contribution >= 4 is 9.84 Å². The van der Waals surface area contributed by atoms with Crippen LogP contribution < -0.4 is 4.74 Å². The molecule has 0 radical (unpaired) electrons. The van der Waals surface area contributed by atoms with Gasteiger partial charge in [-0.2, -0.15) is 0 Å². The van der Waals surface area contributed by atoms with Crippen LogP contribution in [0.1, 0.15) is 27.7 Å². The average molecular weight is 254 g/mol. The molecule has 2 rings (SSSR count). The van der Waals surface area contributed by atoms with Crippen molar-refractivity contribution in [3.05, 3.63) is 24.3 Å². The summed E-state index contributed by atoms with van der Waals surface area (Å²) in [6, 6.07) is 6.86. The first-order valence-electron chi connectivity index (χ1n) is 5.79. The molecule has 4 heteroatoms. The molecule has 0 amide bonds. The Bertz CT molecular complexity index is 529. The minimum absolute atomic E-state index is 0.146. The molecular weight excluding hydrogens is 236 g/mol. The van der Waals surface area contributed by atoms with E-state index in [0.29, 0.717) is 10.6 Å². The normalized spacial score (nSPS) is 25.1. The van der Waals surface area contributed by atoms with Gasteiger partial charge in [-0.3, -0.25) is 0 Å². The third kappa shape index (κ3) is 1.66. The molecule has 1 aromatic carbocycles. The average Bonchev–Trinajstić information content (AvgIpc) is 2.24. The number of para-hydroxylation sites is 1. The summed E-state index contributed by atoms with van der Waals surface area (Å²) in [6.45, 7) is 7.44. The molecule has 1 unspecified atom stereocenters. The van der Waals surface area contributed by atoms with Crippen molar-refractivity contribution in [3.63, 3.8) is 0 Å². The van der Waals surface area contributed by atoms with Crippen molar-refractivity contribution in [2.24, 2.45) is 5.92 Å². The van der Waals surface area contributed by atoms with Gasteiger partial charge in [0.2, 0.25) is 0 Å². The van der Waals surface area contributed by atoms with Crippen molar-refractivity contribution in [1.82, 2.24) is 0 Å². The molecule has 0 aliphatic carbocycles. The Hall–Kier alpha value is -1.03. The van der Waals surface area contributed by atoms with Gasteiger partial charge in [0.15, 0.2) is 9.84 Å². The summed E-state index contributed by atoms with van der Waals surface area (Å²) in [4.78, 5) is 0.307. The minimum Gasteiger partial charge on any atom is -0.487 e. The zero-order valence-electron chi connectivity index (χ0n) is 10.6. The van der Waals surface area contributed by atoms with E-state index in [0.717, 1.165) is 0 Å². The van der Waals surface area contributed by atoms with Gasteiger partial charge in [-0.15, -0.1) is 0 Å². The second-order valence-corrected chi connectivity index (χ2v) is 7.83. The summed E-state index contributed by atoms with van der Waals surface area (Å²) >= 11 is 0. The third-order valence-corrected chi connectivity index (χ3v) is 5.91. The SMILES string of the molecule is CC(C)C1Oc2ccccc2S(=O)(=O)C1(C)C. The summed E-state index contributed by atoms with van der Waals surface area (Å²) in [5, 5.41) is 0. The predicted octanol–water partition coefficient (Wildman–Crippen LogP) is 2.66. The molecule has 0 saturated heterocycles. The van der Waals surface area contributed by atoms with Crippen molar-refractivity contribution in [2.45, 2.75) is 43.4 Å². The highest BCUT2D eigenvalue weighted by molar-refractivity contribution is 7.93. The number of rotatable bonds is 1. The molecule has 0 N–H and O–H groups in total. The van der Waals surface area contributed by atoms with Gasteiger partial charge in [0, 0.05) is 0 Å². The smallest absolute Gasteiger partial charge is 0.190 e. The summed E-state index contributed by atoms with van der Waals surface area (Å²) in [5.41, 5.74) is 0. The zero-order chi connectivity index (χ0) is 12.8. The third-order valence-electron chi connectivity index (χ3n) is 3.38. The lowest BCUT2D eigenvalue weighted by atomic mass is 9.95. The number of fused-ring (bicyclic) bond motifs is 1. The molecule has 0 bridgehead atoms. The van der Waals surface area contributed by atoms with Gasteiger partial charge in [0.1, 0.15) is 21.5 Å². The topological polar surface area (TPSA) is 43.4 Å². The van der Waals surface area contributed by atoms with Gasteiger partial charge in [-0.05, 0) is 31.9 Å². The molecule has 17 heavy (non-hydrogen) atoms. The Kier molecular flexibility index (Phi) is 2.73. The molecular formula is C13H18O3S. The van der Waals surface area contributed by atoms with E-state index >= 15 is 0 Å². The van der Waals surface area contributed by atoms with Crippen LogP contribution in [0.15, 0.2) is 29.2 Å². The van der Waals surface area contributed by atoms with Crippen LogP contribution in [0.25, 0.3) is 0 Å². The summed E-state index contributed by atoms with van der Waals surface area (Å²) in [5.74, 6) is 0.624. The fourth-order valence-corrected chi connectivity index (χ4v) is 4.26. The van der Waals surface area contributed by atoms with Crippen LogP contribution >= 0.6 is 0 Å². The zero-order valence-corrected chi connectivity index (χ0v) is 11.4.